The van der Waals surface area contributed by atoms with Gasteiger partial charge in [-0.2, -0.15) is 0 Å². The average Bonchev–Trinajstić information content (AvgIpc) is 3.71. The molecule has 42 heavy (non-hydrogen) atoms. The molecule has 1 aliphatic rings. The van der Waals surface area contributed by atoms with E-state index in [1.807, 2.05) is 73.7 Å². The largest absolute Gasteiger partial charge is 0.445 e. The van der Waals surface area contributed by atoms with Crippen molar-refractivity contribution < 1.29 is 23.8 Å². The normalized spacial score (nSPS) is 18.9. The summed E-state index contributed by atoms with van der Waals surface area (Å²) >= 11 is 0. The molecule has 0 radical (unpaired) electrons. The fourth-order valence-electron chi connectivity index (χ4n) is 5.17. The highest BCUT2D eigenvalue weighted by molar-refractivity contribution is 5.90. The molecule has 1 aliphatic heterocycles. The number of benzene rings is 2. The van der Waals surface area contributed by atoms with Crippen molar-refractivity contribution in [2.45, 2.75) is 70.9 Å². The van der Waals surface area contributed by atoms with E-state index in [2.05, 4.69) is 10.3 Å². The maximum absolute atomic E-state index is 13.9. The Morgan fingerprint density at radius 2 is 1.98 bits per heavy atom. The van der Waals surface area contributed by atoms with Crippen molar-refractivity contribution in [3.8, 4) is 11.5 Å². The Morgan fingerprint density at radius 3 is 2.67 bits per heavy atom. The zero-order chi connectivity index (χ0) is 30.1. The van der Waals surface area contributed by atoms with Crippen molar-refractivity contribution in [3.05, 3.63) is 90.3 Å². The van der Waals surface area contributed by atoms with E-state index in [-0.39, 0.29) is 18.6 Å². The lowest BCUT2D eigenvalue weighted by molar-refractivity contribution is -0.141. The van der Waals surface area contributed by atoms with Crippen molar-refractivity contribution in [1.82, 2.24) is 15.2 Å². The number of hydrogen-bond donors (Lipinski definition) is 3. The van der Waals surface area contributed by atoms with Crippen LogP contribution in [0.2, 0.25) is 0 Å². The van der Waals surface area contributed by atoms with E-state index in [1.54, 1.807) is 31.2 Å². The second-order valence-electron chi connectivity index (χ2n) is 11.4. The molecule has 4 N–H and O–H groups in total. The summed E-state index contributed by atoms with van der Waals surface area (Å²) in [6, 6.07) is 15.8. The first-order valence-electron chi connectivity index (χ1n) is 14.5. The van der Waals surface area contributed by atoms with Crippen LogP contribution in [-0.4, -0.2) is 64.2 Å². The molecule has 2 aromatic carbocycles. The third-order valence-electron chi connectivity index (χ3n) is 7.68. The van der Waals surface area contributed by atoms with Gasteiger partial charge >= 0.3 is 0 Å². The van der Waals surface area contributed by atoms with Crippen molar-refractivity contribution in [3.63, 3.8) is 0 Å². The average molecular weight is 575 g/mol. The van der Waals surface area contributed by atoms with Gasteiger partial charge in [0, 0.05) is 17.5 Å². The number of oxazole rings is 1. The molecule has 9 nitrogen and oxygen atoms in total. The van der Waals surface area contributed by atoms with Crippen LogP contribution in [0.15, 0.2) is 83.6 Å². The van der Waals surface area contributed by atoms with E-state index in [0.29, 0.717) is 25.5 Å². The number of likely N-dealkylation sites (tertiary alicyclic amines) is 1. The number of aromatic nitrogens is 1. The van der Waals surface area contributed by atoms with Gasteiger partial charge in [-0.3, -0.25) is 9.59 Å². The predicted molar refractivity (Wildman–Crippen MR) is 161 cm³/mol. The maximum Gasteiger partial charge on any atom is 0.248 e. The van der Waals surface area contributed by atoms with E-state index in [4.69, 9.17) is 14.9 Å². The van der Waals surface area contributed by atoms with Crippen LogP contribution >= 0.6 is 0 Å². The number of nitrogens with zero attached hydrogens (tertiary/aromatic N) is 2. The molecule has 2 heterocycles. The SMILES string of the molecule is CC(OCc1ccccc1)[C@H](NC(=O)[C@H](C)N)C(=O)N1CCC[C@H]1C=C[C@](C)(CO)Cc1cccc(-c2ncco2)c1. The Bertz CT molecular complexity index is 1330. The van der Waals surface area contributed by atoms with Gasteiger partial charge in [0.25, 0.3) is 0 Å². The monoisotopic (exact) mass is 574 g/mol. The molecule has 224 valence electrons. The van der Waals surface area contributed by atoms with Gasteiger partial charge in [0.15, 0.2) is 0 Å². The number of hydrogen-bond acceptors (Lipinski definition) is 7. The van der Waals surface area contributed by atoms with Crippen LogP contribution in [0.5, 0.6) is 0 Å². The molecular formula is C33H42N4O5. The van der Waals surface area contributed by atoms with Crippen LogP contribution in [0.25, 0.3) is 11.5 Å². The smallest absolute Gasteiger partial charge is 0.248 e. The number of nitrogens with two attached hydrogens (primary N) is 1. The summed E-state index contributed by atoms with van der Waals surface area (Å²) in [5.74, 6) is -0.0680. The summed E-state index contributed by atoms with van der Waals surface area (Å²) in [6.45, 7) is 6.19. The van der Waals surface area contributed by atoms with Crippen LogP contribution < -0.4 is 11.1 Å². The molecule has 0 spiro atoms. The number of nitrogens with one attached hydrogen (secondary N) is 1. The molecule has 0 saturated carbocycles. The van der Waals surface area contributed by atoms with Gasteiger partial charge in [0.1, 0.15) is 12.3 Å². The molecule has 1 fully saturated rings. The summed E-state index contributed by atoms with van der Waals surface area (Å²) in [4.78, 5) is 32.5. The third-order valence-corrected chi connectivity index (χ3v) is 7.68. The number of amides is 2. The first kappa shape index (κ1) is 31.2. The molecule has 1 unspecified atom stereocenters. The Balaban J connectivity index is 1.47. The van der Waals surface area contributed by atoms with Gasteiger partial charge in [0.05, 0.1) is 37.6 Å². The van der Waals surface area contributed by atoms with Gasteiger partial charge in [-0.1, -0.05) is 61.5 Å². The van der Waals surface area contributed by atoms with Crippen LogP contribution in [0.4, 0.5) is 0 Å². The second-order valence-corrected chi connectivity index (χ2v) is 11.4. The highest BCUT2D eigenvalue weighted by Crippen LogP contribution is 2.29. The first-order chi connectivity index (χ1) is 20.2. The fraction of sp³-hybridized carbons (Fsp3) is 0.424. The molecule has 1 saturated heterocycles. The number of rotatable bonds is 13. The zero-order valence-electron chi connectivity index (χ0n) is 24.6. The fourth-order valence-corrected chi connectivity index (χ4v) is 5.17. The van der Waals surface area contributed by atoms with Crippen LogP contribution in [0.3, 0.4) is 0 Å². The molecule has 3 aromatic rings. The summed E-state index contributed by atoms with van der Waals surface area (Å²) in [6.07, 6.45) is 8.81. The number of carbonyl (C=O) groups excluding carboxylic acids is 2. The highest BCUT2D eigenvalue weighted by atomic mass is 16.5. The van der Waals surface area contributed by atoms with Crippen LogP contribution in [0.1, 0.15) is 44.7 Å². The molecule has 9 heteroatoms. The molecular weight excluding hydrogens is 532 g/mol. The maximum atomic E-state index is 13.9. The van der Waals surface area contributed by atoms with E-state index < -0.39 is 29.5 Å². The Hall–Kier alpha value is -3.79. The first-order valence-corrected chi connectivity index (χ1v) is 14.5. The molecule has 2 amide bonds. The van der Waals surface area contributed by atoms with E-state index in [1.165, 1.54) is 0 Å². The minimum Gasteiger partial charge on any atom is -0.445 e. The van der Waals surface area contributed by atoms with E-state index in [9.17, 15) is 14.7 Å². The van der Waals surface area contributed by atoms with Gasteiger partial charge < -0.3 is 30.2 Å². The third kappa shape index (κ3) is 8.15. The van der Waals surface area contributed by atoms with Crippen molar-refractivity contribution in [2.75, 3.05) is 13.2 Å². The lowest BCUT2D eigenvalue weighted by Gasteiger charge is -2.32. The predicted octanol–water partition coefficient (Wildman–Crippen LogP) is 3.87. The molecule has 1 aromatic heterocycles. The summed E-state index contributed by atoms with van der Waals surface area (Å²) in [5, 5.41) is 13.2. The second kappa shape index (κ2) is 14.4. The highest BCUT2D eigenvalue weighted by Gasteiger charge is 2.37. The minimum absolute atomic E-state index is 0.0647. The van der Waals surface area contributed by atoms with Gasteiger partial charge in [0.2, 0.25) is 17.7 Å². The minimum atomic E-state index is -0.886. The van der Waals surface area contributed by atoms with Gasteiger partial charge in [-0.05, 0) is 56.4 Å². The number of aliphatic hydroxyl groups is 1. The number of ether oxygens (including phenoxy) is 1. The summed E-state index contributed by atoms with van der Waals surface area (Å²) in [7, 11) is 0. The van der Waals surface area contributed by atoms with Crippen LogP contribution in [0, 0.1) is 5.41 Å². The Morgan fingerprint density at radius 1 is 1.21 bits per heavy atom. The number of aliphatic hydroxyl groups excluding tert-OH is 1. The topological polar surface area (TPSA) is 131 Å². The lowest BCUT2D eigenvalue weighted by atomic mass is 9.83. The molecule has 0 aliphatic carbocycles. The van der Waals surface area contributed by atoms with Crippen molar-refractivity contribution in [1.29, 1.82) is 0 Å². The molecule has 0 bridgehead atoms. The Kier molecular flexibility index (Phi) is 10.7. The van der Waals surface area contributed by atoms with E-state index >= 15 is 0 Å². The molecule has 4 rings (SSSR count). The summed E-state index contributed by atoms with van der Waals surface area (Å²) in [5.41, 5.74) is 8.15. The van der Waals surface area contributed by atoms with Gasteiger partial charge in [-0.15, -0.1) is 0 Å². The van der Waals surface area contributed by atoms with Crippen molar-refractivity contribution in [2.24, 2.45) is 11.1 Å². The van der Waals surface area contributed by atoms with Crippen LogP contribution in [-0.2, 0) is 27.4 Å². The van der Waals surface area contributed by atoms with Gasteiger partial charge in [-0.25, -0.2) is 4.98 Å². The van der Waals surface area contributed by atoms with E-state index in [0.717, 1.165) is 29.5 Å². The quantitative estimate of drug-likeness (QED) is 0.264. The standard InChI is InChI=1S/C33H42N4O5/c1-23(34)30(39)36-29(24(2)42-21-25-9-5-4-6-10-25)32(40)37-17-8-13-28(37)14-15-33(3,22-38)20-26-11-7-12-27(19-26)31-35-16-18-41-31/h4-7,9-12,14-16,18-19,23-24,28-29,38H,8,13,17,20-22,34H2,1-3H3,(H,36,39)/t23-,24?,28-,29-,33-/m0/s1. The molecule has 5 atom stereocenters. The Labute approximate surface area is 247 Å². The summed E-state index contributed by atoms with van der Waals surface area (Å²) < 4.78 is 11.5. The lowest BCUT2D eigenvalue weighted by Crippen LogP contribution is -2.57. The van der Waals surface area contributed by atoms with Crippen molar-refractivity contribution >= 4 is 11.8 Å². The zero-order valence-corrected chi connectivity index (χ0v) is 24.6. The number of carbonyl (C=O) groups is 2.